The summed E-state index contributed by atoms with van der Waals surface area (Å²) in [5.74, 6) is 0.640. The number of hydrogen-bond acceptors (Lipinski definition) is 3. The third kappa shape index (κ3) is 5.88. The Morgan fingerprint density at radius 3 is 1.41 bits per heavy atom. The molecule has 3 nitrogen and oxygen atoms in total. The van der Waals surface area contributed by atoms with Crippen molar-refractivity contribution in [3.63, 3.8) is 0 Å². The van der Waals surface area contributed by atoms with Gasteiger partial charge in [0.2, 0.25) is 5.89 Å². The zero-order valence-corrected chi connectivity index (χ0v) is 29.4. The van der Waals surface area contributed by atoms with Crippen LogP contribution >= 0.6 is 0 Å². The molecule has 0 unspecified atom stereocenters. The Balaban J connectivity index is 1.03. The van der Waals surface area contributed by atoms with E-state index < -0.39 is 0 Å². The second-order valence-electron chi connectivity index (χ2n) is 13.6. The van der Waals surface area contributed by atoms with E-state index in [1.165, 1.54) is 33.0 Å². The summed E-state index contributed by atoms with van der Waals surface area (Å²) in [4.78, 5) is 7.12. The molecule has 9 aromatic carbocycles. The summed E-state index contributed by atoms with van der Waals surface area (Å²) in [5, 5.41) is 4.55. The molecule has 0 amide bonds. The van der Waals surface area contributed by atoms with Gasteiger partial charge in [-0.2, -0.15) is 0 Å². The van der Waals surface area contributed by atoms with Crippen LogP contribution in [0.2, 0.25) is 0 Å². The van der Waals surface area contributed by atoms with Gasteiger partial charge in [0.15, 0.2) is 5.58 Å². The van der Waals surface area contributed by atoms with Crippen molar-refractivity contribution in [2.45, 2.75) is 0 Å². The number of aromatic nitrogens is 1. The molecule has 0 aliphatic rings. The van der Waals surface area contributed by atoms with Gasteiger partial charge in [-0.15, -0.1) is 0 Å². The third-order valence-electron chi connectivity index (χ3n) is 10.3. The topological polar surface area (TPSA) is 29.3 Å². The molecule has 0 bridgehead atoms. The highest BCUT2D eigenvalue weighted by molar-refractivity contribution is 6.05. The SMILES string of the molecule is c1ccc(-c2ccc(N(c3ccc(-c4ccccc4)cc3)c3ccc4ccc(-c5ccc6c(ccc7nc(-c8ccccc8)oc76)c5)cc4c3)cc2)cc1. The molecule has 0 atom stereocenters. The third-order valence-corrected chi connectivity index (χ3v) is 10.3. The molecular formula is C51H34N2O. The lowest BCUT2D eigenvalue weighted by atomic mass is 9.98. The van der Waals surface area contributed by atoms with Crippen molar-refractivity contribution in [3.05, 3.63) is 206 Å². The minimum Gasteiger partial charge on any atom is -0.435 e. The lowest BCUT2D eigenvalue weighted by molar-refractivity contribution is 0.623. The first-order chi connectivity index (χ1) is 26.7. The van der Waals surface area contributed by atoms with Crippen LogP contribution in [0.25, 0.3) is 77.5 Å². The van der Waals surface area contributed by atoms with Crippen LogP contribution < -0.4 is 4.90 Å². The largest absolute Gasteiger partial charge is 0.435 e. The van der Waals surface area contributed by atoms with E-state index in [2.05, 4.69) is 181 Å². The number of benzene rings is 9. The maximum absolute atomic E-state index is 6.32. The fraction of sp³-hybridized carbons (Fsp3) is 0. The van der Waals surface area contributed by atoms with Crippen LogP contribution in [0.15, 0.2) is 211 Å². The average molecular weight is 691 g/mol. The molecule has 0 fully saturated rings. The minimum atomic E-state index is 0.640. The minimum absolute atomic E-state index is 0.640. The zero-order valence-electron chi connectivity index (χ0n) is 29.4. The summed E-state index contributed by atoms with van der Waals surface area (Å²) in [5.41, 5.74) is 13.1. The Morgan fingerprint density at radius 1 is 0.333 bits per heavy atom. The van der Waals surface area contributed by atoms with Gasteiger partial charge in [-0.05, 0) is 122 Å². The van der Waals surface area contributed by atoms with Crippen molar-refractivity contribution >= 4 is 49.7 Å². The van der Waals surface area contributed by atoms with Crippen LogP contribution in [0.1, 0.15) is 0 Å². The van der Waals surface area contributed by atoms with Crippen molar-refractivity contribution < 1.29 is 4.42 Å². The standard InChI is InChI=1S/C51H34N2O/c1-4-10-35(11-5-1)37-18-25-45(26-19-37)53(46-27-20-38(21-28-46)36-12-6-2-7-13-36)47-29-22-39-16-17-41(33-44(39)34-47)42-23-30-48-43(32-42)24-31-49-50(48)54-51(52-49)40-14-8-3-9-15-40/h1-34H. The average Bonchev–Trinajstić information content (AvgIpc) is 3.70. The Kier molecular flexibility index (Phi) is 7.81. The number of rotatable bonds is 7. The van der Waals surface area contributed by atoms with Gasteiger partial charge in [-0.1, -0.05) is 133 Å². The van der Waals surface area contributed by atoms with E-state index in [9.17, 15) is 0 Å². The highest BCUT2D eigenvalue weighted by Crippen LogP contribution is 2.39. The van der Waals surface area contributed by atoms with Gasteiger partial charge in [-0.3, -0.25) is 0 Å². The van der Waals surface area contributed by atoms with E-state index in [-0.39, 0.29) is 0 Å². The predicted octanol–water partition coefficient (Wildman–Crippen LogP) is 14.3. The van der Waals surface area contributed by atoms with Crippen LogP contribution in [0.5, 0.6) is 0 Å². The first kappa shape index (κ1) is 31.5. The van der Waals surface area contributed by atoms with Crippen LogP contribution in [0.4, 0.5) is 17.1 Å². The van der Waals surface area contributed by atoms with Gasteiger partial charge >= 0.3 is 0 Å². The van der Waals surface area contributed by atoms with Gasteiger partial charge in [0.1, 0.15) is 5.52 Å². The highest BCUT2D eigenvalue weighted by atomic mass is 16.3. The van der Waals surface area contributed by atoms with Crippen molar-refractivity contribution in [2.24, 2.45) is 0 Å². The quantitative estimate of drug-likeness (QED) is 0.167. The molecule has 10 aromatic rings. The second kappa shape index (κ2) is 13.4. The van der Waals surface area contributed by atoms with Gasteiger partial charge in [0.25, 0.3) is 0 Å². The number of oxazole rings is 1. The molecule has 1 heterocycles. The van der Waals surface area contributed by atoms with E-state index >= 15 is 0 Å². The first-order valence-electron chi connectivity index (χ1n) is 18.3. The van der Waals surface area contributed by atoms with Crippen molar-refractivity contribution in [3.8, 4) is 44.8 Å². The lowest BCUT2D eigenvalue weighted by Crippen LogP contribution is -2.09. The van der Waals surface area contributed by atoms with E-state index in [0.717, 1.165) is 55.6 Å². The molecule has 10 rings (SSSR count). The molecule has 0 aliphatic heterocycles. The van der Waals surface area contributed by atoms with Crippen molar-refractivity contribution in [1.29, 1.82) is 0 Å². The van der Waals surface area contributed by atoms with E-state index in [1.54, 1.807) is 0 Å². The number of fused-ring (bicyclic) bond motifs is 4. The summed E-state index contributed by atoms with van der Waals surface area (Å²) in [6.07, 6.45) is 0. The second-order valence-corrected chi connectivity index (χ2v) is 13.6. The van der Waals surface area contributed by atoms with Gasteiger partial charge in [0, 0.05) is 28.0 Å². The van der Waals surface area contributed by atoms with Crippen molar-refractivity contribution in [2.75, 3.05) is 4.90 Å². The maximum Gasteiger partial charge on any atom is 0.227 e. The molecule has 0 aliphatic carbocycles. The smallest absolute Gasteiger partial charge is 0.227 e. The number of hydrogen-bond donors (Lipinski definition) is 0. The lowest BCUT2D eigenvalue weighted by Gasteiger charge is -2.26. The molecular weight excluding hydrogens is 657 g/mol. The fourth-order valence-corrected chi connectivity index (χ4v) is 7.46. The monoisotopic (exact) mass is 690 g/mol. The fourth-order valence-electron chi connectivity index (χ4n) is 7.46. The predicted molar refractivity (Wildman–Crippen MR) is 225 cm³/mol. The molecule has 54 heavy (non-hydrogen) atoms. The molecule has 254 valence electrons. The highest BCUT2D eigenvalue weighted by Gasteiger charge is 2.16. The molecule has 0 saturated carbocycles. The van der Waals surface area contributed by atoms with Crippen LogP contribution in [0.3, 0.4) is 0 Å². The van der Waals surface area contributed by atoms with Crippen LogP contribution in [-0.2, 0) is 0 Å². The van der Waals surface area contributed by atoms with Crippen LogP contribution in [-0.4, -0.2) is 4.98 Å². The van der Waals surface area contributed by atoms with E-state index in [0.29, 0.717) is 5.89 Å². The van der Waals surface area contributed by atoms with Gasteiger partial charge in [-0.25, -0.2) is 4.98 Å². The maximum atomic E-state index is 6.32. The Labute approximate surface area is 314 Å². The summed E-state index contributed by atoms with van der Waals surface area (Å²) in [7, 11) is 0. The van der Waals surface area contributed by atoms with Gasteiger partial charge in [0.05, 0.1) is 0 Å². The Bertz CT molecular complexity index is 2820. The summed E-state index contributed by atoms with van der Waals surface area (Å²) in [6, 6.07) is 73.1. The van der Waals surface area contributed by atoms with Crippen molar-refractivity contribution in [1.82, 2.24) is 4.98 Å². The first-order valence-corrected chi connectivity index (χ1v) is 18.3. The summed E-state index contributed by atoms with van der Waals surface area (Å²) in [6.45, 7) is 0. The van der Waals surface area contributed by atoms with E-state index in [4.69, 9.17) is 9.40 Å². The Hall–Kier alpha value is -7.23. The summed E-state index contributed by atoms with van der Waals surface area (Å²) >= 11 is 0. The molecule has 0 radical (unpaired) electrons. The Morgan fingerprint density at radius 2 is 0.796 bits per heavy atom. The molecule has 0 N–H and O–H groups in total. The number of nitrogens with zero attached hydrogens (tertiary/aromatic N) is 2. The van der Waals surface area contributed by atoms with E-state index in [1.807, 2.05) is 30.3 Å². The molecule has 3 heteroatoms. The number of anilines is 3. The normalized spacial score (nSPS) is 11.3. The summed E-state index contributed by atoms with van der Waals surface area (Å²) < 4.78 is 6.32. The molecule has 1 aromatic heterocycles. The molecule has 0 spiro atoms. The molecule has 0 saturated heterocycles. The zero-order chi connectivity index (χ0) is 35.8. The van der Waals surface area contributed by atoms with Crippen LogP contribution in [0, 0.1) is 0 Å². The van der Waals surface area contributed by atoms with Gasteiger partial charge < -0.3 is 9.32 Å².